The highest BCUT2D eigenvalue weighted by molar-refractivity contribution is 7.21. The van der Waals surface area contributed by atoms with Gasteiger partial charge in [0.1, 0.15) is 23.9 Å². The third-order valence-electron chi connectivity index (χ3n) is 6.62. The first-order chi connectivity index (χ1) is 21.5. The number of rotatable bonds is 11. The lowest BCUT2D eigenvalue weighted by atomic mass is 9.95. The number of methoxy groups -OCH3 is 1. The van der Waals surface area contributed by atoms with Gasteiger partial charge in [-0.05, 0) is 36.8 Å². The van der Waals surface area contributed by atoms with E-state index in [4.69, 9.17) is 14.2 Å². The number of hydrogen-bond donors (Lipinski definition) is 3. The molecule has 2 amide bonds. The Morgan fingerprint density at radius 3 is 2.60 bits per heavy atom. The third kappa shape index (κ3) is 7.59. The van der Waals surface area contributed by atoms with Crippen molar-refractivity contribution >= 4 is 50.3 Å². The number of amides is 2. The Morgan fingerprint density at radius 2 is 1.87 bits per heavy atom. The van der Waals surface area contributed by atoms with Crippen LogP contribution in [0.2, 0.25) is 0 Å². The molecule has 0 aliphatic heterocycles. The summed E-state index contributed by atoms with van der Waals surface area (Å²) in [6, 6.07) is 9.69. The molecule has 0 saturated heterocycles. The fourth-order valence-corrected chi connectivity index (χ4v) is 5.17. The highest BCUT2D eigenvalue weighted by Crippen LogP contribution is 2.37. The molecule has 45 heavy (non-hydrogen) atoms. The Morgan fingerprint density at radius 1 is 1.04 bits per heavy atom. The summed E-state index contributed by atoms with van der Waals surface area (Å²) in [7, 11) is 1.53. The predicted molar refractivity (Wildman–Crippen MR) is 167 cm³/mol. The Bertz CT molecular complexity index is 1860. The molecule has 0 radical (unpaired) electrons. The smallest absolute Gasteiger partial charge is 0.411 e. The normalized spacial score (nSPS) is 11.4. The van der Waals surface area contributed by atoms with Gasteiger partial charge < -0.3 is 24.6 Å². The van der Waals surface area contributed by atoms with Crippen molar-refractivity contribution in [2.45, 2.75) is 20.8 Å². The van der Waals surface area contributed by atoms with Gasteiger partial charge in [-0.15, -0.1) is 11.3 Å². The average molecular weight is 635 g/mol. The predicted octanol–water partition coefficient (Wildman–Crippen LogP) is 5.13. The van der Waals surface area contributed by atoms with E-state index in [1.807, 2.05) is 32.9 Å². The molecule has 3 N–H and O–H groups in total. The summed E-state index contributed by atoms with van der Waals surface area (Å²) >= 11 is 1.37. The first-order valence-electron chi connectivity index (χ1n) is 13.9. The molecular weight excluding hydrogens is 603 g/mol. The third-order valence-corrected chi connectivity index (χ3v) is 7.67. The first kappa shape index (κ1) is 31.5. The van der Waals surface area contributed by atoms with Crippen molar-refractivity contribution in [1.29, 1.82) is 0 Å². The molecule has 0 spiro atoms. The number of carbonyl (C=O) groups excluding carboxylic acids is 2. The van der Waals surface area contributed by atoms with E-state index in [9.17, 15) is 19.1 Å². The molecule has 0 atom stereocenters. The summed E-state index contributed by atoms with van der Waals surface area (Å²) < 4.78 is 31.5. The highest BCUT2D eigenvalue weighted by atomic mass is 32.1. The van der Waals surface area contributed by atoms with Crippen LogP contribution in [0.3, 0.4) is 0 Å². The number of thiazole rings is 1. The molecule has 0 fully saturated rings. The molecule has 0 aliphatic carbocycles. The van der Waals surface area contributed by atoms with Crippen LogP contribution in [-0.4, -0.2) is 70.5 Å². The van der Waals surface area contributed by atoms with Crippen LogP contribution in [0.4, 0.5) is 14.9 Å². The van der Waals surface area contributed by atoms with Gasteiger partial charge >= 0.3 is 6.09 Å². The maximum absolute atomic E-state index is 14.9. The van der Waals surface area contributed by atoms with Crippen LogP contribution in [0.15, 0.2) is 48.8 Å². The maximum atomic E-state index is 14.9. The summed E-state index contributed by atoms with van der Waals surface area (Å²) in [5.41, 5.74) is 3.55. The number of nitrogens with one attached hydrogen (secondary N) is 2. The zero-order valence-corrected chi connectivity index (χ0v) is 25.8. The molecule has 14 heteroatoms. The quantitative estimate of drug-likeness (QED) is 0.166. The van der Waals surface area contributed by atoms with Crippen molar-refractivity contribution in [2.24, 2.45) is 5.41 Å². The summed E-state index contributed by atoms with van der Waals surface area (Å²) in [5.74, 6) is -0.596. The summed E-state index contributed by atoms with van der Waals surface area (Å²) in [6.07, 6.45) is 2.09. The van der Waals surface area contributed by atoms with E-state index in [1.54, 1.807) is 12.3 Å². The summed E-state index contributed by atoms with van der Waals surface area (Å²) in [4.78, 5) is 42.1. The number of hydrogen-bond acceptors (Lipinski definition) is 11. The summed E-state index contributed by atoms with van der Waals surface area (Å²) in [5, 5.41) is 15.2. The van der Waals surface area contributed by atoms with Crippen LogP contribution in [0.25, 0.3) is 31.8 Å². The van der Waals surface area contributed by atoms with E-state index < -0.39 is 23.2 Å². The fourth-order valence-electron chi connectivity index (χ4n) is 4.17. The Kier molecular flexibility index (Phi) is 9.34. The van der Waals surface area contributed by atoms with E-state index in [1.165, 1.54) is 42.8 Å². The van der Waals surface area contributed by atoms with Crippen LogP contribution in [-0.2, 0) is 4.74 Å². The Hall–Kier alpha value is -4.95. The van der Waals surface area contributed by atoms with Crippen LogP contribution in [0.1, 0.15) is 29.9 Å². The highest BCUT2D eigenvalue weighted by Gasteiger charge is 2.19. The number of aliphatic hydroxyl groups excluding tert-OH is 1. The van der Waals surface area contributed by atoms with Gasteiger partial charge in [0.05, 0.1) is 46.4 Å². The van der Waals surface area contributed by atoms with Crippen LogP contribution in [0, 0.1) is 18.2 Å². The number of fused-ring (bicyclic) bond motifs is 2. The lowest BCUT2D eigenvalue weighted by Crippen LogP contribution is -2.36. The van der Waals surface area contributed by atoms with Crippen molar-refractivity contribution in [3.63, 3.8) is 0 Å². The zero-order valence-electron chi connectivity index (χ0n) is 25.0. The van der Waals surface area contributed by atoms with Crippen LogP contribution >= 0.6 is 11.3 Å². The number of benzene rings is 2. The van der Waals surface area contributed by atoms with Crippen molar-refractivity contribution < 1.29 is 33.3 Å². The largest absolute Gasteiger partial charge is 0.487 e. The van der Waals surface area contributed by atoms with Gasteiger partial charge in [0.25, 0.3) is 5.91 Å². The molecule has 0 bridgehead atoms. The minimum atomic E-state index is -0.767. The van der Waals surface area contributed by atoms with E-state index in [-0.39, 0.29) is 37.8 Å². The first-order valence-corrected chi connectivity index (χ1v) is 14.7. The van der Waals surface area contributed by atoms with E-state index in [0.29, 0.717) is 37.8 Å². The monoisotopic (exact) mass is 634 g/mol. The van der Waals surface area contributed by atoms with Crippen molar-refractivity contribution in [3.05, 3.63) is 65.9 Å². The maximum Gasteiger partial charge on any atom is 0.411 e. The second-order valence-electron chi connectivity index (χ2n) is 10.9. The number of pyridine rings is 1. The zero-order chi connectivity index (χ0) is 32.1. The molecule has 0 aliphatic rings. The summed E-state index contributed by atoms with van der Waals surface area (Å²) in [6.45, 7) is 5.54. The molecule has 0 unspecified atom stereocenters. The minimum Gasteiger partial charge on any atom is -0.487 e. The molecule has 3 aromatic heterocycles. The Labute approximate surface area is 261 Å². The van der Waals surface area contributed by atoms with Gasteiger partial charge in [-0.2, -0.15) is 0 Å². The molecule has 234 valence electrons. The van der Waals surface area contributed by atoms with Crippen LogP contribution in [0.5, 0.6) is 11.6 Å². The minimum absolute atomic E-state index is 0.000720. The van der Waals surface area contributed by atoms with E-state index >= 15 is 0 Å². The average Bonchev–Trinajstić information content (AvgIpc) is 3.44. The molecular formula is C31H31FN6O6S. The van der Waals surface area contributed by atoms with Gasteiger partial charge in [-0.3, -0.25) is 10.1 Å². The number of aromatic nitrogens is 4. The number of anilines is 1. The van der Waals surface area contributed by atoms with Gasteiger partial charge in [0, 0.05) is 36.3 Å². The molecule has 3 heterocycles. The fraction of sp³-hybridized carbons (Fsp3) is 0.290. The van der Waals surface area contributed by atoms with Gasteiger partial charge in [0.2, 0.25) is 5.88 Å². The van der Waals surface area contributed by atoms with Crippen LogP contribution < -0.4 is 20.1 Å². The van der Waals surface area contributed by atoms with Crippen molar-refractivity contribution in [1.82, 2.24) is 25.3 Å². The van der Waals surface area contributed by atoms with Gasteiger partial charge in [0.15, 0.2) is 11.6 Å². The molecule has 5 aromatic rings. The topological polar surface area (TPSA) is 158 Å². The number of ether oxygens (including phenoxy) is 3. The lowest BCUT2D eigenvalue weighted by molar-refractivity contribution is 0.0906. The number of nitrogens with zero attached hydrogens (tertiary/aromatic N) is 4. The second kappa shape index (κ2) is 13.4. The molecule has 5 rings (SSSR count). The molecule has 12 nitrogen and oxygen atoms in total. The number of carbonyl (C=O) groups is 2. The van der Waals surface area contributed by atoms with E-state index in [0.717, 1.165) is 11.1 Å². The Balaban J connectivity index is 1.16. The number of aliphatic hydroxyl groups is 1. The van der Waals surface area contributed by atoms with E-state index in [2.05, 4.69) is 30.6 Å². The molecule has 2 aromatic carbocycles. The lowest BCUT2D eigenvalue weighted by Gasteiger charge is -2.21. The second-order valence-corrected chi connectivity index (χ2v) is 11.9. The van der Waals surface area contributed by atoms with Gasteiger partial charge in [-0.25, -0.2) is 29.1 Å². The molecule has 0 saturated carbocycles. The van der Waals surface area contributed by atoms with Crippen molar-refractivity contribution in [3.8, 4) is 22.2 Å². The van der Waals surface area contributed by atoms with Crippen molar-refractivity contribution in [2.75, 3.05) is 38.8 Å². The number of halogens is 1. The number of aryl methyl sites for hydroxylation is 1. The standard InChI is InChI=1S/C31H31FN6O6S/c1-17-9-19(27-23(10-17)37-26(42-4)14-34-27)29-38-22-11-20(32)24(12-25(22)45-29)43-7-8-44-30(41)36-18-5-6-21(33-13-18)28(40)35-15-31(2,3)16-39/h5-6,9-14,39H,7-8,15-16H2,1-4H3,(H,35,40)(H,36,41). The van der Waals surface area contributed by atoms with Gasteiger partial charge in [-0.1, -0.05) is 13.8 Å². The SMILES string of the molecule is COc1cnc2c(-c3nc4cc(F)c(OCCOC(=O)Nc5ccc(C(=O)NCC(C)(C)CO)nc5)cc4s3)cc(C)cc2n1.